The average Bonchev–Trinajstić information content (AvgIpc) is 3.02. The zero-order valence-corrected chi connectivity index (χ0v) is 12.7. The minimum Gasteiger partial charge on any atom is -0.469 e. The van der Waals surface area contributed by atoms with Crippen LogP contribution in [0, 0.1) is 5.92 Å². The van der Waals surface area contributed by atoms with Crippen LogP contribution in [-0.4, -0.2) is 43.8 Å². The first kappa shape index (κ1) is 14.6. The topological polar surface area (TPSA) is 51.9 Å². The van der Waals surface area contributed by atoms with Crippen LogP contribution in [0.15, 0.2) is 16.5 Å². The van der Waals surface area contributed by atoms with E-state index in [9.17, 15) is 4.79 Å². The number of hydrogen-bond acceptors (Lipinski definition) is 5. The minimum absolute atomic E-state index is 0.0795. The molecule has 2 fully saturated rings. The second-order valence-electron chi connectivity index (χ2n) is 6.13. The van der Waals surface area contributed by atoms with Crippen molar-refractivity contribution in [2.45, 2.75) is 38.3 Å². The predicted octanol–water partition coefficient (Wildman–Crippen LogP) is 2.17. The third kappa shape index (κ3) is 3.66. The fourth-order valence-corrected chi connectivity index (χ4v) is 2.93. The predicted molar refractivity (Wildman–Crippen MR) is 76.9 cm³/mol. The first-order valence-electron chi connectivity index (χ1n) is 7.65. The number of ether oxygens (including phenoxy) is 2. The van der Waals surface area contributed by atoms with E-state index in [4.69, 9.17) is 13.9 Å². The van der Waals surface area contributed by atoms with Crippen LogP contribution in [0.5, 0.6) is 0 Å². The number of morpholine rings is 1. The van der Waals surface area contributed by atoms with Gasteiger partial charge >= 0.3 is 5.97 Å². The van der Waals surface area contributed by atoms with Crippen molar-refractivity contribution in [3.05, 3.63) is 23.7 Å². The van der Waals surface area contributed by atoms with E-state index in [1.54, 1.807) is 0 Å². The average molecular weight is 293 g/mol. The fourth-order valence-electron chi connectivity index (χ4n) is 2.93. The molecule has 0 amide bonds. The molecule has 0 spiro atoms. The van der Waals surface area contributed by atoms with Gasteiger partial charge in [0.25, 0.3) is 0 Å². The lowest BCUT2D eigenvalue weighted by Crippen LogP contribution is -2.42. The van der Waals surface area contributed by atoms with Crippen LogP contribution in [-0.2, 0) is 20.8 Å². The number of carbonyl (C=O) groups is 1. The van der Waals surface area contributed by atoms with E-state index in [1.807, 2.05) is 0 Å². The fraction of sp³-hybridized carbons (Fsp3) is 0.688. The van der Waals surface area contributed by atoms with Crippen molar-refractivity contribution in [1.29, 1.82) is 0 Å². The highest BCUT2D eigenvalue weighted by molar-refractivity contribution is 5.69. The Kier molecular flexibility index (Phi) is 4.31. The van der Waals surface area contributed by atoms with Gasteiger partial charge in [-0.3, -0.25) is 9.69 Å². The third-order valence-corrected chi connectivity index (χ3v) is 4.38. The molecule has 1 saturated carbocycles. The van der Waals surface area contributed by atoms with Crippen LogP contribution < -0.4 is 0 Å². The maximum Gasteiger partial charge on any atom is 0.308 e. The molecule has 0 unspecified atom stereocenters. The van der Waals surface area contributed by atoms with Gasteiger partial charge in [0.2, 0.25) is 0 Å². The number of esters is 1. The molecule has 2 heterocycles. The van der Waals surface area contributed by atoms with Gasteiger partial charge in [-0.25, -0.2) is 0 Å². The molecule has 5 heteroatoms. The van der Waals surface area contributed by atoms with Crippen molar-refractivity contribution in [3.8, 4) is 0 Å². The van der Waals surface area contributed by atoms with E-state index in [0.29, 0.717) is 18.9 Å². The maximum absolute atomic E-state index is 11.3. The summed E-state index contributed by atoms with van der Waals surface area (Å²) in [5, 5.41) is 0. The first-order chi connectivity index (χ1) is 10.2. The van der Waals surface area contributed by atoms with Crippen molar-refractivity contribution in [2.75, 3.05) is 26.8 Å². The number of carbonyl (C=O) groups excluding carboxylic acids is 1. The molecule has 0 bridgehead atoms. The Balaban J connectivity index is 1.52. The summed E-state index contributed by atoms with van der Waals surface area (Å²) >= 11 is 0. The second-order valence-corrected chi connectivity index (χ2v) is 6.13. The third-order valence-electron chi connectivity index (χ3n) is 4.38. The van der Waals surface area contributed by atoms with E-state index >= 15 is 0 Å². The largest absolute Gasteiger partial charge is 0.469 e. The Labute approximate surface area is 125 Å². The molecule has 1 aliphatic carbocycles. The van der Waals surface area contributed by atoms with Crippen LogP contribution >= 0.6 is 0 Å². The van der Waals surface area contributed by atoms with Crippen molar-refractivity contribution < 1.29 is 18.7 Å². The highest BCUT2D eigenvalue weighted by atomic mass is 16.5. The van der Waals surface area contributed by atoms with E-state index < -0.39 is 0 Å². The van der Waals surface area contributed by atoms with Crippen LogP contribution in [0.4, 0.5) is 0 Å². The van der Waals surface area contributed by atoms with Crippen molar-refractivity contribution >= 4 is 5.97 Å². The van der Waals surface area contributed by atoms with Crippen LogP contribution in [0.2, 0.25) is 0 Å². The normalized spacial score (nSPS) is 29.3. The standard InChI is InChI=1S/C16H23NO4/c1-11-7-14(11)15-4-3-12(21-15)9-17-5-6-20-13(10-17)8-16(18)19-2/h3-4,11,13-14H,5-10H2,1-2H3/t11-,13-,14-/m1/s1. The molecule has 1 aliphatic heterocycles. The molecule has 5 nitrogen and oxygen atoms in total. The highest BCUT2D eigenvalue weighted by Gasteiger charge is 2.36. The van der Waals surface area contributed by atoms with E-state index in [2.05, 4.69) is 24.0 Å². The Bertz CT molecular complexity index is 498. The maximum atomic E-state index is 11.3. The molecule has 0 aromatic carbocycles. The van der Waals surface area contributed by atoms with E-state index in [-0.39, 0.29) is 12.1 Å². The zero-order valence-electron chi connectivity index (χ0n) is 12.7. The van der Waals surface area contributed by atoms with Gasteiger partial charge < -0.3 is 13.9 Å². The van der Waals surface area contributed by atoms with Crippen molar-refractivity contribution in [3.63, 3.8) is 0 Å². The smallest absolute Gasteiger partial charge is 0.308 e. The Morgan fingerprint density at radius 1 is 1.48 bits per heavy atom. The summed E-state index contributed by atoms with van der Waals surface area (Å²) in [6.07, 6.45) is 1.48. The van der Waals surface area contributed by atoms with Crippen molar-refractivity contribution in [1.82, 2.24) is 4.90 Å². The monoisotopic (exact) mass is 293 g/mol. The van der Waals surface area contributed by atoms with E-state index in [1.165, 1.54) is 13.5 Å². The molecule has 3 rings (SSSR count). The lowest BCUT2D eigenvalue weighted by Gasteiger charge is -2.31. The lowest BCUT2D eigenvalue weighted by atomic mass is 10.2. The van der Waals surface area contributed by atoms with Crippen LogP contribution in [0.3, 0.4) is 0 Å². The van der Waals surface area contributed by atoms with Gasteiger partial charge in [-0.2, -0.15) is 0 Å². The molecule has 21 heavy (non-hydrogen) atoms. The number of furan rings is 1. The number of hydrogen-bond donors (Lipinski definition) is 0. The van der Waals surface area contributed by atoms with Crippen LogP contribution in [0.25, 0.3) is 0 Å². The van der Waals surface area contributed by atoms with Gasteiger partial charge in [0.15, 0.2) is 0 Å². The first-order valence-corrected chi connectivity index (χ1v) is 7.65. The summed E-state index contributed by atoms with van der Waals surface area (Å²) in [6, 6.07) is 4.18. The van der Waals surface area contributed by atoms with Gasteiger partial charge in [-0.05, 0) is 24.5 Å². The van der Waals surface area contributed by atoms with E-state index in [0.717, 1.165) is 37.1 Å². The van der Waals surface area contributed by atoms with Gasteiger partial charge in [0.1, 0.15) is 11.5 Å². The molecule has 2 aliphatic rings. The summed E-state index contributed by atoms with van der Waals surface area (Å²) in [5.74, 6) is 3.29. The summed E-state index contributed by atoms with van der Waals surface area (Å²) in [4.78, 5) is 13.6. The second kappa shape index (κ2) is 6.20. The van der Waals surface area contributed by atoms with Gasteiger partial charge in [0.05, 0.1) is 32.8 Å². The lowest BCUT2D eigenvalue weighted by molar-refractivity contribution is -0.145. The Morgan fingerprint density at radius 3 is 3.00 bits per heavy atom. The summed E-state index contributed by atoms with van der Waals surface area (Å²) < 4.78 is 16.3. The number of nitrogens with zero attached hydrogens (tertiary/aromatic N) is 1. The quantitative estimate of drug-likeness (QED) is 0.779. The Morgan fingerprint density at radius 2 is 2.29 bits per heavy atom. The molecular weight excluding hydrogens is 270 g/mol. The molecule has 1 aromatic heterocycles. The molecule has 1 aromatic rings. The molecule has 3 atom stereocenters. The summed E-state index contributed by atoms with van der Waals surface area (Å²) in [5.41, 5.74) is 0. The SMILES string of the molecule is COC(=O)C[C@@H]1CN(Cc2ccc([C@@H]3C[C@H]3C)o2)CCO1. The van der Waals surface area contributed by atoms with Gasteiger partial charge in [-0.1, -0.05) is 6.92 Å². The number of rotatable bonds is 5. The zero-order chi connectivity index (χ0) is 14.8. The van der Waals surface area contributed by atoms with Gasteiger partial charge in [0, 0.05) is 19.0 Å². The Hall–Kier alpha value is -1.33. The molecule has 0 radical (unpaired) electrons. The minimum atomic E-state index is -0.218. The molecule has 0 N–H and O–H groups in total. The van der Waals surface area contributed by atoms with Gasteiger partial charge in [-0.15, -0.1) is 0 Å². The summed E-state index contributed by atoms with van der Waals surface area (Å²) in [7, 11) is 1.41. The number of methoxy groups -OCH3 is 1. The molecule has 1 saturated heterocycles. The highest BCUT2D eigenvalue weighted by Crippen LogP contribution is 2.47. The van der Waals surface area contributed by atoms with Crippen molar-refractivity contribution in [2.24, 2.45) is 5.92 Å². The molecule has 116 valence electrons. The van der Waals surface area contributed by atoms with Crippen LogP contribution in [0.1, 0.15) is 37.2 Å². The summed E-state index contributed by atoms with van der Waals surface area (Å²) in [6.45, 7) is 5.29. The molecular formula is C16H23NO4.